The Morgan fingerprint density at radius 3 is 2.51 bits per heavy atom. The molecule has 0 spiro atoms. The van der Waals surface area contributed by atoms with Crippen LogP contribution in [-0.2, 0) is 29.2 Å². The molecule has 2 aliphatic rings. The van der Waals surface area contributed by atoms with E-state index in [0.29, 0.717) is 25.4 Å². The number of hydrogen-bond donors (Lipinski definition) is 0. The highest BCUT2D eigenvalue weighted by Gasteiger charge is 2.37. The Morgan fingerprint density at radius 2 is 1.73 bits per heavy atom. The molecule has 0 bridgehead atoms. The van der Waals surface area contributed by atoms with Gasteiger partial charge in [-0.05, 0) is 98.3 Å². The van der Waals surface area contributed by atoms with Crippen molar-refractivity contribution in [2.45, 2.75) is 19.6 Å². The topological polar surface area (TPSA) is 66.9 Å². The van der Waals surface area contributed by atoms with Crippen LogP contribution >= 0.6 is 56.9 Å². The Kier molecular flexibility index (Phi) is 8.20. The highest BCUT2D eigenvalue weighted by Crippen LogP contribution is 2.36. The van der Waals surface area contributed by atoms with E-state index in [1.165, 1.54) is 5.56 Å². The number of thioether (sulfide) groups is 1. The number of carbonyl (C=O) groups is 3. The van der Waals surface area contributed by atoms with Crippen LogP contribution in [0.4, 0.5) is 4.79 Å². The molecule has 37 heavy (non-hydrogen) atoms. The highest BCUT2D eigenvalue weighted by molar-refractivity contribution is 14.1. The van der Waals surface area contributed by atoms with Crippen LogP contribution in [0.15, 0.2) is 71.6 Å². The highest BCUT2D eigenvalue weighted by atomic mass is 127. The summed E-state index contributed by atoms with van der Waals surface area (Å²) >= 11 is 5.29. The van der Waals surface area contributed by atoms with Gasteiger partial charge in [-0.1, -0.05) is 54.6 Å². The van der Waals surface area contributed by atoms with Crippen molar-refractivity contribution in [3.8, 4) is 5.75 Å². The van der Waals surface area contributed by atoms with E-state index in [0.717, 1.165) is 46.9 Å². The van der Waals surface area contributed by atoms with Crippen LogP contribution in [0.5, 0.6) is 5.75 Å². The summed E-state index contributed by atoms with van der Waals surface area (Å²) in [5.41, 5.74) is 4.09. The normalized spacial score (nSPS) is 16.3. The van der Waals surface area contributed by atoms with Gasteiger partial charge >= 0.3 is 0 Å². The molecule has 0 aliphatic carbocycles. The van der Waals surface area contributed by atoms with Gasteiger partial charge in [-0.3, -0.25) is 19.3 Å². The summed E-state index contributed by atoms with van der Waals surface area (Å²) in [4.78, 5) is 42.0. The average molecular weight is 736 g/mol. The number of carbonyl (C=O) groups excluding carboxylic acids is 3. The second-order valence-corrected chi connectivity index (χ2v) is 12.1. The zero-order valence-corrected chi connectivity index (χ0v) is 24.8. The second-order valence-electron chi connectivity index (χ2n) is 8.68. The Hall–Kier alpha value is -2.38. The van der Waals surface area contributed by atoms with Crippen LogP contribution in [0.25, 0.3) is 6.08 Å². The van der Waals surface area contributed by atoms with Crippen molar-refractivity contribution >= 4 is 80.1 Å². The molecule has 3 aromatic carbocycles. The number of amides is 3. The molecule has 2 heterocycles. The summed E-state index contributed by atoms with van der Waals surface area (Å²) in [7, 11) is 0. The number of ether oxygens (including phenoxy) is 1. The van der Waals surface area contributed by atoms with Gasteiger partial charge in [0.25, 0.3) is 11.1 Å². The first kappa shape index (κ1) is 26.2. The molecule has 9 heteroatoms. The Labute approximate surface area is 246 Å². The van der Waals surface area contributed by atoms with Crippen LogP contribution in [-0.4, -0.2) is 39.9 Å². The molecule has 0 aromatic heterocycles. The lowest BCUT2D eigenvalue weighted by molar-refractivity contribution is -0.136. The summed E-state index contributed by atoms with van der Waals surface area (Å²) < 4.78 is 8.04. The molecular weight excluding hydrogens is 714 g/mol. The quantitative estimate of drug-likeness (QED) is 0.227. The Balaban J connectivity index is 1.32. The third-order valence-electron chi connectivity index (χ3n) is 6.20. The molecule has 1 saturated heterocycles. The largest absolute Gasteiger partial charge is 0.487 e. The minimum absolute atomic E-state index is 0.228. The minimum atomic E-state index is -0.455. The molecule has 0 unspecified atom stereocenters. The average Bonchev–Trinajstić information content (AvgIpc) is 3.15. The van der Waals surface area contributed by atoms with Crippen molar-refractivity contribution in [1.29, 1.82) is 0 Å². The predicted octanol–water partition coefficient (Wildman–Crippen LogP) is 6.10. The molecule has 5 rings (SSSR count). The zero-order valence-electron chi connectivity index (χ0n) is 19.7. The SMILES string of the molecule is O=C(CN1C(=O)S/C(=C/c2cc(I)cc(I)c2OCc2ccccc2)C1=O)N1CCc2ccccc2C1. The van der Waals surface area contributed by atoms with Gasteiger partial charge in [0.1, 0.15) is 18.9 Å². The van der Waals surface area contributed by atoms with Crippen molar-refractivity contribution < 1.29 is 19.1 Å². The van der Waals surface area contributed by atoms with Gasteiger partial charge in [-0.25, -0.2) is 0 Å². The summed E-state index contributed by atoms with van der Waals surface area (Å²) in [5, 5.41) is -0.436. The standard InChI is InChI=1S/C28H22I2N2O4S/c29-22-12-21(26(23(30)14-22)36-17-18-6-2-1-3-7-18)13-24-27(34)32(28(35)37-24)16-25(33)31-11-10-19-8-4-5-9-20(19)15-31/h1-9,12-14H,10-11,15-17H2/b24-13+. The van der Waals surface area contributed by atoms with Crippen LogP contribution < -0.4 is 4.74 Å². The minimum Gasteiger partial charge on any atom is -0.487 e. The van der Waals surface area contributed by atoms with Crippen LogP contribution in [0.3, 0.4) is 0 Å². The number of rotatable bonds is 6. The molecule has 2 aliphatic heterocycles. The van der Waals surface area contributed by atoms with E-state index in [1.807, 2.05) is 60.7 Å². The Morgan fingerprint density at radius 1 is 1.00 bits per heavy atom. The molecule has 3 amide bonds. The smallest absolute Gasteiger partial charge is 0.294 e. The lowest BCUT2D eigenvalue weighted by Crippen LogP contribution is -2.44. The fourth-order valence-corrected chi connectivity index (χ4v) is 7.17. The van der Waals surface area contributed by atoms with Crippen LogP contribution in [0, 0.1) is 7.14 Å². The molecule has 3 aromatic rings. The van der Waals surface area contributed by atoms with Gasteiger partial charge < -0.3 is 9.64 Å². The monoisotopic (exact) mass is 736 g/mol. The van der Waals surface area contributed by atoms with E-state index < -0.39 is 11.1 Å². The predicted molar refractivity (Wildman–Crippen MR) is 161 cm³/mol. The number of imide groups is 1. The molecule has 0 radical (unpaired) electrons. The van der Waals surface area contributed by atoms with E-state index in [2.05, 4.69) is 51.2 Å². The van der Waals surface area contributed by atoms with E-state index in [4.69, 9.17) is 4.74 Å². The maximum atomic E-state index is 13.2. The third kappa shape index (κ3) is 6.04. The first-order valence-electron chi connectivity index (χ1n) is 11.6. The van der Waals surface area contributed by atoms with Gasteiger partial charge in [-0.15, -0.1) is 0 Å². The van der Waals surface area contributed by atoms with Gasteiger partial charge in [-0.2, -0.15) is 0 Å². The van der Waals surface area contributed by atoms with Gasteiger partial charge in [0.05, 0.1) is 8.48 Å². The van der Waals surface area contributed by atoms with E-state index in [1.54, 1.807) is 11.0 Å². The number of fused-ring (bicyclic) bond motifs is 1. The summed E-state index contributed by atoms with van der Waals surface area (Å²) in [6.45, 7) is 1.19. The molecule has 188 valence electrons. The number of hydrogen-bond acceptors (Lipinski definition) is 5. The van der Waals surface area contributed by atoms with E-state index in [9.17, 15) is 14.4 Å². The number of benzene rings is 3. The fraction of sp³-hybridized carbons (Fsp3) is 0.179. The van der Waals surface area contributed by atoms with Gasteiger partial charge in [0, 0.05) is 22.2 Å². The zero-order chi connectivity index (χ0) is 25.9. The third-order valence-corrected chi connectivity index (χ3v) is 8.53. The maximum absolute atomic E-state index is 13.2. The van der Waals surface area contributed by atoms with Gasteiger partial charge in [0.15, 0.2) is 0 Å². The Bertz CT molecular complexity index is 1410. The van der Waals surface area contributed by atoms with Crippen molar-refractivity contribution in [1.82, 2.24) is 9.80 Å². The lowest BCUT2D eigenvalue weighted by atomic mass is 10.00. The summed E-state index contributed by atoms with van der Waals surface area (Å²) in [5.74, 6) is -0.0305. The number of nitrogens with zero attached hydrogens (tertiary/aromatic N) is 2. The van der Waals surface area contributed by atoms with Crippen molar-refractivity contribution in [2.75, 3.05) is 13.1 Å². The summed E-state index contributed by atoms with van der Waals surface area (Å²) in [6, 6.07) is 21.8. The molecule has 0 N–H and O–H groups in total. The molecule has 0 saturated carbocycles. The van der Waals surface area contributed by atoms with Crippen molar-refractivity contribution in [3.05, 3.63) is 101 Å². The van der Waals surface area contributed by atoms with E-state index in [-0.39, 0.29) is 17.4 Å². The second kappa shape index (κ2) is 11.6. The van der Waals surface area contributed by atoms with Gasteiger partial charge in [0.2, 0.25) is 5.91 Å². The van der Waals surface area contributed by atoms with Crippen LogP contribution in [0.2, 0.25) is 0 Å². The molecule has 6 nitrogen and oxygen atoms in total. The molecule has 0 atom stereocenters. The first-order chi connectivity index (χ1) is 17.9. The number of halogens is 2. The lowest BCUT2D eigenvalue weighted by Gasteiger charge is -2.29. The summed E-state index contributed by atoms with van der Waals surface area (Å²) in [6.07, 6.45) is 2.46. The first-order valence-corrected chi connectivity index (χ1v) is 14.6. The van der Waals surface area contributed by atoms with E-state index >= 15 is 0 Å². The van der Waals surface area contributed by atoms with Crippen molar-refractivity contribution in [3.63, 3.8) is 0 Å². The van der Waals surface area contributed by atoms with Crippen LogP contribution in [0.1, 0.15) is 22.3 Å². The fourth-order valence-electron chi connectivity index (χ4n) is 4.29. The molecule has 1 fully saturated rings. The van der Waals surface area contributed by atoms with Crippen molar-refractivity contribution in [2.24, 2.45) is 0 Å². The molecular formula is C28H22I2N2O4S. The maximum Gasteiger partial charge on any atom is 0.294 e.